The van der Waals surface area contributed by atoms with E-state index in [-0.39, 0.29) is 47.0 Å². The Bertz CT molecular complexity index is 1200. The van der Waals surface area contributed by atoms with Gasteiger partial charge < -0.3 is 4.90 Å². The lowest BCUT2D eigenvalue weighted by Gasteiger charge is -2.34. The summed E-state index contributed by atoms with van der Waals surface area (Å²) in [5, 5.41) is 7.58. The summed E-state index contributed by atoms with van der Waals surface area (Å²) < 4.78 is 27.3. The van der Waals surface area contributed by atoms with Gasteiger partial charge in [0.2, 0.25) is 10.0 Å². The topological polar surface area (TPSA) is 86.4 Å². The van der Waals surface area contributed by atoms with Gasteiger partial charge in [0, 0.05) is 36.8 Å². The Morgan fingerprint density at radius 1 is 0.935 bits per heavy atom. The van der Waals surface area contributed by atoms with Crippen LogP contribution in [0.5, 0.6) is 0 Å². The zero-order chi connectivity index (χ0) is 22.2. The number of carbonyl (C=O) groups excluding carboxylic acids is 1. The normalized spacial score (nSPS) is 15.3. The van der Waals surface area contributed by atoms with Gasteiger partial charge in [-0.3, -0.25) is 9.89 Å². The molecule has 1 N–H and O–H groups in total. The highest BCUT2D eigenvalue weighted by atomic mass is 35.5. The molecule has 1 aliphatic heterocycles. The molecule has 0 bridgehead atoms. The van der Waals surface area contributed by atoms with Crippen LogP contribution in [0.4, 0.5) is 0 Å². The molecule has 1 saturated heterocycles. The summed E-state index contributed by atoms with van der Waals surface area (Å²) in [4.78, 5) is 14.6. The van der Waals surface area contributed by atoms with Gasteiger partial charge in [-0.15, -0.1) is 0 Å². The van der Waals surface area contributed by atoms with Crippen LogP contribution in [-0.4, -0.2) is 59.9 Å². The van der Waals surface area contributed by atoms with Gasteiger partial charge in [-0.2, -0.15) is 9.40 Å². The molecule has 2 aromatic carbocycles. The van der Waals surface area contributed by atoms with Crippen LogP contribution in [0.15, 0.2) is 53.6 Å². The molecule has 162 valence electrons. The summed E-state index contributed by atoms with van der Waals surface area (Å²) in [6.45, 7) is 0.713. The van der Waals surface area contributed by atoms with E-state index in [1.54, 1.807) is 35.2 Å². The molecule has 0 saturated carbocycles. The van der Waals surface area contributed by atoms with Crippen LogP contribution >= 0.6 is 34.8 Å². The highest BCUT2D eigenvalue weighted by Crippen LogP contribution is 2.32. The zero-order valence-electron chi connectivity index (χ0n) is 16.1. The smallest absolute Gasteiger partial charge is 0.257 e. The van der Waals surface area contributed by atoms with Crippen molar-refractivity contribution in [2.24, 2.45) is 0 Å². The summed E-state index contributed by atoms with van der Waals surface area (Å²) in [5.41, 5.74) is 1.77. The average molecular weight is 500 g/mol. The van der Waals surface area contributed by atoms with Gasteiger partial charge in [-0.1, -0.05) is 53.0 Å². The highest BCUT2D eigenvalue weighted by Gasteiger charge is 2.33. The fraction of sp³-hybridized carbons (Fsp3) is 0.200. The van der Waals surface area contributed by atoms with E-state index in [0.717, 1.165) is 5.56 Å². The molecule has 7 nitrogen and oxygen atoms in total. The lowest BCUT2D eigenvalue weighted by molar-refractivity contribution is 0.0698. The molecule has 0 spiro atoms. The number of nitrogens with one attached hydrogen (secondary N) is 1. The molecule has 1 amide bonds. The van der Waals surface area contributed by atoms with Crippen molar-refractivity contribution in [1.29, 1.82) is 0 Å². The Kier molecular flexibility index (Phi) is 6.27. The van der Waals surface area contributed by atoms with Crippen LogP contribution in [0.2, 0.25) is 15.1 Å². The molecule has 1 aromatic heterocycles. The Hall–Kier alpha value is -2.10. The number of aromatic nitrogens is 2. The van der Waals surface area contributed by atoms with Crippen LogP contribution in [0, 0.1) is 0 Å². The summed E-state index contributed by atoms with van der Waals surface area (Å²) in [5.74, 6) is -0.230. The van der Waals surface area contributed by atoms with Crippen molar-refractivity contribution in [3.63, 3.8) is 0 Å². The molecule has 1 fully saturated rings. The van der Waals surface area contributed by atoms with E-state index in [4.69, 9.17) is 34.8 Å². The first-order chi connectivity index (χ1) is 14.8. The minimum Gasteiger partial charge on any atom is -0.336 e. The fourth-order valence-electron chi connectivity index (χ4n) is 3.44. The van der Waals surface area contributed by atoms with E-state index in [1.165, 1.54) is 22.6 Å². The van der Waals surface area contributed by atoms with Gasteiger partial charge in [0.15, 0.2) is 0 Å². The molecule has 11 heteroatoms. The first kappa shape index (κ1) is 22.1. The van der Waals surface area contributed by atoms with E-state index in [9.17, 15) is 13.2 Å². The Labute approximate surface area is 194 Å². The quantitative estimate of drug-likeness (QED) is 0.583. The molecule has 0 radical (unpaired) electrons. The maximum atomic E-state index is 13.1. The molecule has 0 unspecified atom stereocenters. The third kappa shape index (κ3) is 4.31. The van der Waals surface area contributed by atoms with Gasteiger partial charge >= 0.3 is 0 Å². The summed E-state index contributed by atoms with van der Waals surface area (Å²) in [6.07, 6.45) is 1.47. The van der Waals surface area contributed by atoms with Crippen molar-refractivity contribution in [2.45, 2.75) is 4.90 Å². The number of hydrogen-bond donors (Lipinski definition) is 1. The van der Waals surface area contributed by atoms with Crippen molar-refractivity contribution in [1.82, 2.24) is 19.4 Å². The molecule has 4 rings (SSSR count). The lowest BCUT2D eigenvalue weighted by atomic mass is 10.1. The molecule has 3 aromatic rings. The van der Waals surface area contributed by atoms with Gasteiger partial charge in [0.25, 0.3) is 5.91 Å². The van der Waals surface area contributed by atoms with Gasteiger partial charge in [-0.25, -0.2) is 8.42 Å². The third-order valence-electron chi connectivity index (χ3n) is 5.05. The number of hydrogen-bond acceptors (Lipinski definition) is 4. The molecule has 1 aliphatic rings. The van der Waals surface area contributed by atoms with Crippen molar-refractivity contribution >= 4 is 50.7 Å². The lowest BCUT2D eigenvalue weighted by Crippen LogP contribution is -2.50. The predicted molar refractivity (Wildman–Crippen MR) is 120 cm³/mol. The maximum absolute atomic E-state index is 13.1. The number of nitrogens with zero attached hydrogens (tertiary/aromatic N) is 3. The SMILES string of the molecule is O=C(c1cn[nH]c1-c1ccc(Cl)cc1)N1CCN(S(=O)(=O)c2c(Cl)cccc2Cl)CC1. The second-order valence-corrected chi connectivity index (χ2v) is 10.0. The maximum Gasteiger partial charge on any atom is 0.257 e. The number of aromatic amines is 1. The fourth-order valence-corrected chi connectivity index (χ4v) is 6.08. The van der Waals surface area contributed by atoms with Crippen molar-refractivity contribution < 1.29 is 13.2 Å². The van der Waals surface area contributed by atoms with Crippen molar-refractivity contribution in [3.05, 3.63) is 69.3 Å². The second kappa shape index (κ2) is 8.80. The Morgan fingerprint density at radius 3 is 2.16 bits per heavy atom. The summed E-state index contributed by atoms with van der Waals surface area (Å²) in [7, 11) is -3.88. The molecular weight excluding hydrogens is 483 g/mol. The number of carbonyl (C=O) groups is 1. The Balaban J connectivity index is 1.51. The van der Waals surface area contributed by atoms with Crippen LogP contribution in [0.3, 0.4) is 0 Å². The van der Waals surface area contributed by atoms with Crippen molar-refractivity contribution in [3.8, 4) is 11.3 Å². The summed E-state index contributed by atoms with van der Waals surface area (Å²) in [6, 6.07) is 11.6. The summed E-state index contributed by atoms with van der Waals surface area (Å²) >= 11 is 18.1. The van der Waals surface area contributed by atoms with Crippen molar-refractivity contribution in [2.75, 3.05) is 26.2 Å². The predicted octanol–water partition coefficient (Wildman–Crippen LogP) is 4.18. The van der Waals surface area contributed by atoms with E-state index < -0.39 is 10.0 Å². The second-order valence-electron chi connectivity index (χ2n) is 6.91. The standard InChI is InChI=1S/C20H17Cl3N4O3S/c21-14-6-4-13(5-7-14)18-15(12-24-25-18)20(28)26-8-10-27(11-9-26)31(29,30)19-16(22)2-1-3-17(19)23/h1-7,12H,8-11H2,(H,24,25). The van der Waals surface area contributed by atoms with Gasteiger partial charge in [0.1, 0.15) is 4.90 Å². The third-order valence-corrected chi connectivity index (χ3v) is 8.15. The van der Waals surface area contributed by atoms with Crippen LogP contribution < -0.4 is 0 Å². The van der Waals surface area contributed by atoms with Crippen LogP contribution in [-0.2, 0) is 10.0 Å². The monoisotopic (exact) mass is 498 g/mol. The largest absolute Gasteiger partial charge is 0.336 e. The van der Waals surface area contributed by atoms with Crippen LogP contribution in [0.1, 0.15) is 10.4 Å². The molecule has 31 heavy (non-hydrogen) atoms. The number of sulfonamides is 1. The molecule has 0 aliphatic carbocycles. The first-order valence-corrected chi connectivity index (χ1v) is 11.9. The first-order valence-electron chi connectivity index (χ1n) is 9.32. The zero-order valence-corrected chi connectivity index (χ0v) is 19.1. The number of rotatable bonds is 4. The molecule has 0 atom stereocenters. The van der Waals surface area contributed by atoms with E-state index in [0.29, 0.717) is 16.3 Å². The number of amides is 1. The average Bonchev–Trinajstić information content (AvgIpc) is 3.23. The van der Waals surface area contributed by atoms with Gasteiger partial charge in [-0.05, 0) is 24.3 Å². The molecule has 2 heterocycles. The Morgan fingerprint density at radius 2 is 1.55 bits per heavy atom. The van der Waals surface area contributed by atoms with E-state index in [2.05, 4.69) is 10.2 Å². The van der Waals surface area contributed by atoms with Gasteiger partial charge in [0.05, 0.1) is 27.5 Å². The van der Waals surface area contributed by atoms with Crippen LogP contribution in [0.25, 0.3) is 11.3 Å². The number of piperazine rings is 1. The molecular formula is C20H17Cl3N4O3S. The minimum absolute atomic E-state index is 0.0667. The number of benzene rings is 2. The minimum atomic E-state index is -3.88. The highest BCUT2D eigenvalue weighted by molar-refractivity contribution is 7.89. The number of H-pyrrole nitrogens is 1. The van der Waals surface area contributed by atoms with E-state index >= 15 is 0 Å². The number of halogens is 3. The van der Waals surface area contributed by atoms with E-state index in [1.807, 2.05) is 0 Å².